The van der Waals surface area contributed by atoms with Gasteiger partial charge in [-0.15, -0.1) is 0 Å². The van der Waals surface area contributed by atoms with Crippen molar-refractivity contribution in [3.05, 3.63) is 28.8 Å². The molecule has 1 saturated heterocycles. The molecule has 46 heavy (non-hydrogen) atoms. The first kappa shape index (κ1) is 36.6. The molecule has 0 unspecified atom stereocenters. The van der Waals surface area contributed by atoms with Gasteiger partial charge >= 0.3 is 6.09 Å². The largest absolute Gasteiger partial charge is 0.496 e. The van der Waals surface area contributed by atoms with Gasteiger partial charge in [0.1, 0.15) is 23.4 Å². The molecular weight excluding hydrogens is 618 g/mol. The maximum absolute atomic E-state index is 14.4. The average Bonchev–Trinajstić information content (AvgIpc) is 3.56. The van der Waals surface area contributed by atoms with E-state index in [1.54, 1.807) is 59.7 Å². The highest BCUT2D eigenvalue weighted by Gasteiger charge is 2.56. The number of carbonyl (C=O) groups is 5. The summed E-state index contributed by atoms with van der Waals surface area (Å²) in [4.78, 5) is 73.5. The zero-order valence-electron chi connectivity index (χ0n) is 28.0. The van der Waals surface area contributed by atoms with E-state index in [0.717, 1.165) is 0 Å². The van der Waals surface area contributed by atoms with Crippen LogP contribution in [0.25, 0.3) is 0 Å². The predicted molar refractivity (Wildman–Crippen MR) is 172 cm³/mol. The number of alkyl carbamates (subject to hydrolysis) is 1. The molecule has 4 amide bonds. The number of amides is 4. The summed E-state index contributed by atoms with van der Waals surface area (Å²) in [6.07, 6.45) is 0.181. The van der Waals surface area contributed by atoms with Crippen LogP contribution in [0.2, 0.25) is 5.02 Å². The minimum absolute atomic E-state index is 0.0246. The lowest BCUT2D eigenvalue weighted by Crippen LogP contribution is -2.59. The van der Waals surface area contributed by atoms with Crippen molar-refractivity contribution < 1.29 is 38.3 Å². The molecule has 0 aliphatic carbocycles. The number of rotatable bonds is 10. The van der Waals surface area contributed by atoms with Crippen LogP contribution in [-0.4, -0.2) is 90.2 Å². The molecule has 13 nitrogen and oxygen atoms in total. The Bertz CT molecular complexity index is 1390. The third kappa shape index (κ3) is 8.68. The Labute approximate surface area is 275 Å². The third-order valence-corrected chi connectivity index (χ3v) is 7.97. The second kappa shape index (κ2) is 14.3. The minimum Gasteiger partial charge on any atom is -0.496 e. The summed E-state index contributed by atoms with van der Waals surface area (Å²) in [6.45, 7) is 12.3. The number of halogens is 1. The second-order valence-electron chi connectivity index (χ2n) is 13.8. The predicted octanol–water partition coefficient (Wildman–Crippen LogP) is 3.35. The summed E-state index contributed by atoms with van der Waals surface area (Å²) in [6, 6.07) is 1.77. The molecule has 1 spiro atoms. The summed E-state index contributed by atoms with van der Waals surface area (Å²) < 4.78 is 10.9. The van der Waals surface area contributed by atoms with Gasteiger partial charge in [0, 0.05) is 30.5 Å². The van der Waals surface area contributed by atoms with Crippen LogP contribution in [0.15, 0.2) is 23.4 Å². The molecular formula is C32H46ClN5O8. The van der Waals surface area contributed by atoms with E-state index in [1.807, 2.05) is 6.92 Å². The van der Waals surface area contributed by atoms with Crippen LogP contribution in [-0.2, 0) is 28.8 Å². The molecule has 0 aromatic heterocycles. The molecule has 14 heteroatoms. The van der Waals surface area contributed by atoms with Gasteiger partial charge in [-0.3, -0.25) is 19.2 Å². The number of methoxy groups -OCH3 is 1. The molecule has 1 aromatic carbocycles. The summed E-state index contributed by atoms with van der Waals surface area (Å²) in [5, 5.41) is 12.5. The second-order valence-corrected chi connectivity index (χ2v) is 14.2. The zero-order valence-corrected chi connectivity index (χ0v) is 28.8. The highest BCUT2D eigenvalue weighted by Crippen LogP contribution is 2.41. The first-order valence-electron chi connectivity index (χ1n) is 15.3. The molecule has 3 rings (SSSR count). The maximum atomic E-state index is 14.4. The molecule has 1 aromatic rings. The lowest BCUT2D eigenvalue weighted by molar-refractivity contribution is -0.144. The SMILES string of the molecule is CCC[C@H](NC(=O)[C@@H]1C[C@]2(CC(c3cc(Cl)ccc3OC)=NO2)CN1C(=O)[C@@H](NC(=O)OC(C)(C)C)C(C)(C)C)C(=O)C(=O)NC. The van der Waals surface area contributed by atoms with Crippen LogP contribution >= 0.6 is 11.6 Å². The molecule has 1 fully saturated rings. The Balaban J connectivity index is 1.99. The van der Waals surface area contributed by atoms with Crippen molar-refractivity contribution in [3.63, 3.8) is 0 Å². The van der Waals surface area contributed by atoms with E-state index in [-0.39, 0.29) is 25.8 Å². The Morgan fingerprint density at radius 2 is 1.80 bits per heavy atom. The van der Waals surface area contributed by atoms with Gasteiger partial charge in [0.05, 0.1) is 25.4 Å². The lowest BCUT2D eigenvalue weighted by atomic mass is 9.85. The fourth-order valence-electron chi connectivity index (χ4n) is 5.53. The van der Waals surface area contributed by atoms with E-state index in [4.69, 9.17) is 25.9 Å². The molecule has 2 aliphatic rings. The summed E-state index contributed by atoms with van der Waals surface area (Å²) in [5.74, 6) is -2.29. The monoisotopic (exact) mass is 663 g/mol. The number of oxime groups is 1. The lowest BCUT2D eigenvalue weighted by Gasteiger charge is -2.36. The number of likely N-dealkylation sites (tertiary alicyclic amines) is 1. The van der Waals surface area contributed by atoms with Crippen molar-refractivity contribution >= 4 is 46.9 Å². The fraction of sp³-hybridized carbons (Fsp3) is 0.625. The topological polar surface area (TPSA) is 165 Å². The summed E-state index contributed by atoms with van der Waals surface area (Å²) >= 11 is 6.27. The summed E-state index contributed by atoms with van der Waals surface area (Å²) in [5.41, 5.74) is -1.59. The standard InChI is InChI=1S/C32H46ClN5O8/c1-10-11-20(24(39)27(41)34-8)35-26(40)22-16-32(15-21(37-46-32)19-14-18(33)12-13-23(19)44-9)17-38(22)28(42)25(30(2,3)4)36-29(43)45-31(5,6)7/h12-14,20,22,25H,10-11,15-17H2,1-9H3,(H,34,41)(H,35,40)(H,36,43)/t20-,22-,25+,32+/m0/s1. The Morgan fingerprint density at radius 3 is 2.37 bits per heavy atom. The Kier molecular flexibility index (Phi) is 11.4. The van der Waals surface area contributed by atoms with Crippen molar-refractivity contribution in [3.8, 4) is 5.75 Å². The number of ether oxygens (including phenoxy) is 2. The van der Waals surface area contributed by atoms with E-state index < -0.39 is 64.3 Å². The van der Waals surface area contributed by atoms with Gasteiger partial charge in [-0.2, -0.15) is 0 Å². The molecule has 0 bridgehead atoms. The fourth-order valence-corrected chi connectivity index (χ4v) is 5.70. The number of hydrogen-bond acceptors (Lipinski definition) is 9. The normalized spacial score (nSPS) is 20.7. The number of likely N-dealkylation sites (N-methyl/N-ethyl adjacent to an activating group) is 1. The maximum Gasteiger partial charge on any atom is 0.408 e. The molecule has 254 valence electrons. The average molecular weight is 664 g/mol. The number of nitrogens with one attached hydrogen (secondary N) is 3. The summed E-state index contributed by atoms with van der Waals surface area (Å²) in [7, 11) is 2.85. The highest BCUT2D eigenvalue weighted by molar-refractivity contribution is 6.38. The van der Waals surface area contributed by atoms with E-state index in [9.17, 15) is 24.0 Å². The Morgan fingerprint density at radius 1 is 1.13 bits per heavy atom. The molecule has 3 N–H and O–H groups in total. The zero-order chi connectivity index (χ0) is 34.6. The van der Waals surface area contributed by atoms with Crippen molar-refractivity contribution in [1.29, 1.82) is 0 Å². The van der Waals surface area contributed by atoms with Crippen LogP contribution in [0.3, 0.4) is 0 Å². The third-order valence-electron chi connectivity index (χ3n) is 7.73. The van der Waals surface area contributed by atoms with E-state index in [1.165, 1.54) is 19.1 Å². The van der Waals surface area contributed by atoms with E-state index in [2.05, 4.69) is 21.1 Å². The first-order chi connectivity index (χ1) is 21.3. The van der Waals surface area contributed by atoms with Crippen LogP contribution < -0.4 is 20.7 Å². The van der Waals surface area contributed by atoms with Gasteiger partial charge in [-0.25, -0.2) is 4.79 Å². The Hall–Kier alpha value is -3.87. The number of hydrogen-bond donors (Lipinski definition) is 3. The van der Waals surface area contributed by atoms with Gasteiger partial charge in [0.15, 0.2) is 5.60 Å². The number of ketones is 1. The van der Waals surface area contributed by atoms with Gasteiger partial charge in [0.25, 0.3) is 5.91 Å². The molecule has 0 radical (unpaired) electrons. The van der Waals surface area contributed by atoms with Gasteiger partial charge < -0.3 is 35.2 Å². The smallest absolute Gasteiger partial charge is 0.408 e. The van der Waals surface area contributed by atoms with Gasteiger partial charge in [-0.1, -0.05) is 50.9 Å². The van der Waals surface area contributed by atoms with Gasteiger partial charge in [0.2, 0.25) is 17.6 Å². The van der Waals surface area contributed by atoms with Crippen LogP contribution in [0, 0.1) is 5.41 Å². The van der Waals surface area contributed by atoms with Crippen molar-refractivity contribution in [2.75, 3.05) is 20.7 Å². The van der Waals surface area contributed by atoms with Crippen molar-refractivity contribution in [2.24, 2.45) is 10.6 Å². The quantitative estimate of drug-likeness (QED) is 0.321. The first-order valence-corrected chi connectivity index (χ1v) is 15.7. The van der Waals surface area contributed by atoms with Crippen LogP contribution in [0.4, 0.5) is 4.79 Å². The molecule has 4 atom stereocenters. The highest BCUT2D eigenvalue weighted by atomic mass is 35.5. The molecule has 2 heterocycles. The van der Waals surface area contributed by atoms with E-state index >= 15 is 0 Å². The number of nitrogens with zero attached hydrogens (tertiary/aromatic N) is 2. The molecule has 0 saturated carbocycles. The minimum atomic E-state index is -1.12. The number of Topliss-reactive ketones (excluding diaryl/α,β-unsaturated/α-hetero) is 1. The van der Waals surface area contributed by atoms with E-state index in [0.29, 0.717) is 28.5 Å². The number of benzene rings is 1. The van der Waals surface area contributed by atoms with Crippen molar-refractivity contribution in [1.82, 2.24) is 20.9 Å². The van der Waals surface area contributed by atoms with Crippen molar-refractivity contribution in [2.45, 2.75) is 103 Å². The number of carbonyl (C=O) groups excluding carboxylic acids is 5. The van der Waals surface area contributed by atoms with Gasteiger partial charge in [-0.05, 0) is 50.8 Å². The van der Waals surface area contributed by atoms with Crippen LogP contribution in [0.1, 0.15) is 79.7 Å². The van der Waals surface area contributed by atoms with Crippen LogP contribution in [0.5, 0.6) is 5.75 Å². The molecule has 2 aliphatic heterocycles.